The number of rotatable bonds is 11. The molecule has 0 bridgehead atoms. The lowest BCUT2D eigenvalue weighted by Crippen LogP contribution is -2.38. The van der Waals surface area contributed by atoms with E-state index in [0.29, 0.717) is 57.5 Å². The quantitative estimate of drug-likeness (QED) is 0.232. The summed E-state index contributed by atoms with van der Waals surface area (Å²) in [4.78, 5) is 32.4. The highest BCUT2D eigenvalue weighted by Gasteiger charge is 2.45. The molecule has 0 amide bonds. The number of allylic oxidation sites excluding steroid dienone is 2. The van der Waals surface area contributed by atoms with E-state index in [2.05, 4.69) is 15.9 Å². The van der Waals surface area contributed by atoms with Crippen molar-refractivity contribution >= 4 is 33.4 Å². The lowest BCUT2D eigenvalue weighted by Gasteiger charge is -2.36. The molecule has 1 heterocycles. The number of carbonyl (C=O) groups is 2. The standard InChI is InChI=1S/C31H36BrNO8/c1-7-40-10-11-41-31(35)27-17(2)33-22-13-19(18-8-9-24(36-3)25(15-18)37-4)14-23(34)29(22)28(27)20-12-21(32)30(39-6)26(16-20)38-5/h8-9,12,15-16,19,27-28H,7,10-11,13-14H2,1-6H3/t19-,27?,28-/m1/s1. The maximum atomic E-state index is 14.0. The van der Waals surface area contributed by atoms with Crippen LogP contribution in [0.15, 0.2) is 51.1 Å². The van der Waals surface area contributed by atoms with Crippen LogP contribution in [0, 0.1) is 5.92 Å². The van der Waals surface area contributed by atoms with Gasteiger partial charge in [-0.3, -0.25) is 14.6 Å². The second-order valence-electron chi connectivity index (χ2n) is 9.81. The van der Waals surface area contributed by atoms with Gasteiger partial charge in [-0.05, 0) is 77.5 Å². The van der Waals surface area contributed by atoms with Gasteiger partial charge in [0.05, 0.1) is 39.5 Å². The molecule has 0 saturated heterocycles. The minimum atomic E-state index is -0.790. The summed E-state index contributed by atoms with van der Waals surface area (Å²) in [7, 11) is 6.27. The molecule has 3 atom stereocenters. The van der Waals surface area contributed by atoms with E-state index < -0.39 is 17.8 Å². The van der Waals surface area contributed by atoms with Crippen molar-refractivity contribution < 1.29 is 38.0 Å². The zero-order chi connectivity index (χ0) is 29.7. The van der Waals surface area contributed by atoms with Gasteiger partial charge in [-0.2, -0.15) is 0 Å². The van der Waals surface area contributed by atoms with Crippen molar-refractivity contribution in [3.05, 3.63) is 57.2 Å². The molecule has 9 nitrogen and oxygen atoms in total. The van der Waals surface area contributed by atoms with Crippen LogP contribution in [0.2, 0.25) is 0 Å². The van der Waals surface area contributed by atoms with Gasteiger partial charge in [0.25, 0.3) is 0 Å². The van der Waals surface area contributed by atoms with Crippen LogP contribution in [-0.2, 0) is 19.1 Å². The Morgan fingerprint density at radius 2 is 1.63 bits per heavy atom. The Kier molecular flexibility index (Phi) is 10.1. The van der Waals surface area contributed by atoms with Gasteiger partial charge in [-0.25, -0.2) is 0 Å². The van der Waals surface area contributed by atoms with Crippen molar-refractivity contribution in [1.29, 1.82) is 0 Å². The molecule has 4 rings (SSSR count). The number of halogens is 1. The first kappa shape index (κ1) is 30.6. The van der Waals surface area contributed by atoms with Gasteiger partial charge in [0.15, 0.2) is 28.8 Å². The van der Waals surface area contributed by atoms with E-state index >= 15 is 0 Å². The molecular formula is C31H36BrNO8. The fourth-order valence-electron chi connectivity index (χ4n) is 5.62. The highest BCUT2D eigenvalue weighted by molar-refractivity contribution is 9.10. The molecule has 0 fully saturated rings. The van der Waals surface area contributed by atoms with E-state index in [-0.39, 0.29) is 31.3 Å². The van der Waals surface area contributed by atoms with E-state index in [1.807, 2.05) is 44.2 Å². The van der Waals surface area contributed by atoms with Crippen molar-refractivity contribution in [2.24, 2.45) is 10.9 Å². The SMILES string of the molecule is CCOCCOC(=O)C1C(C)=NC2=C(C(=O)C[C@H](c3ccc(OC)c(OC)c3)C2)[C@@H]1c1cc(Br)c(OC)c(OC)c1. The smallest absolute Gasteiger partial charge is 0.315 e. The molecule has 10 heteroatoms. The number of hydrogen-bond acceptors (Lipinski definition) is 9. The van der Waals surface area contributed by atoms with Crippen LogP contribution in [-0.4, -0.2) is 65.7 Å². The van der Waals surface area contributed by atoms with E-state index in [0.717, 1.165) is 11.1 Å². The number of esters is 1. The number of nitrogens with zero attached hydrogens (tertiary/aromatic N) is 1. The molecule has 1 unspecified atom stereocenters. The normalized spacial score (nSPS) is 20.2. The van der Waals surface area contributed by atoms with Crippen LogP contribution in [0.3, 0.4) is 0 Å². The molecule has 0 spiro atoms. The molecule has 0 saturated carbocycles. The predicted molar refractivity (Wildman–Crippen MR) is 158 cm³/mol. The van der Waals surface area contributed by atoms with Crippen molar-refractivity contribution in [1.82, 2.24) is 0 Å². The fraction of sp³-hybridized carbons (Fsp3) is 0.452. The molecular weight excluding hydrogens is 594 g/mol. The number of ketones is 1. The summed E-state index contributed by atoms with van der Waals surface area (Å²) in [6.07, 6.45) is 0.797. The first-order chi connectivity index (χ1) is 19.8. The number of methoxy groups -OCH3 is 4. The third-order valence-electron chi connectivity index (χ3n) is 7.51. The Labute approximate surface area is 248 Å². The second-order valence-corrected chi connectivity index (χ2v) is 10.7. The van der Waals surface area contributed by atoms with Gasteiger partial charge in [0.2, 0.25) is 0 Å². The van der Waals surface area contributed by atoms with E-state index in [1.165, 1.54) is 0 Å². The molecule has 41 heavy (non-hydrogen) atoms. The van der Waals surface area contributed by atoms with Crippen LogP contribution in [0.5, 0.6) is 23.0 Å². The predicted octanol–water partition coefficient (Wildman–Crippen LogP) is 5.64. The first-order valence-corrected chi connectivity index (χ1v) is 14.3. The van der Waals surface area contributed by atoms with Crippen LogP contribution >= 0.6 is 15.9 Å². The third-order valence-corrected chi connectivity index (χ3v) is 8.10. The van der Waals surface area contributed by atoms with Crippen LogP contribution in [0.25, 0.3) is 0 Å². The number of hydrogen-bond donors (Lipinski definition) is 0. The lowest BCUT2D eigenvalue weighted by molar-refractivity contribution is -0.148. The number of carbonyl (C=O) groups excluding carboxylic acids is 2. The molecule has 220 valence electrons. The van der Waals surface area contributed by atoms with E-state index in [4.69, 9.17) is 33.4 Å². The monoisotopic (exact) mass is 629 g/mol. The Morgan fingerprint density at radius 3 is 2.29 bits per heavy atom. The summed E-state index contributed by atoms with van der Waals surface area (Å²) in [5.74, 6) is 0.191. The van der Waals surface area contributed by atoms with Crippen molar-refractivity contribution in [3.63, 3.8) is 0 Å². The Hall–Kier alpha value is -3.37. The second kappa shape index (κ2) is 13.5. The summed E-state index contributed by atoms with van der Waals surface area (Å²) in [6, 6.07) is 9.38. The van der Waals surface area contributed by atoms with Crippen LogP contribution in [0.4, 0.5) is 0 Å². The van der Waals surface area contributed by atoms with Gasteiger partial charge in [0, 0.05) is 35.9 Å². The molecule has 0 radical (unpaired) electrons. The zero-order valence-electron chi connectivity index (χ0n) is 24.2. The highest BCUT2D eigenvalue weighted by Crippen LogP contribution is 2.49. The highest BCUT2D eigenvalue weighted by atomic mass is 79.9. The molecule has 0 aromatic heterocycles. The largest absolute Gasteiger partial charge is 0.493 e. The molecule has 1 aliphatic carbocycles. The maximum absolute atomic E-state index is 14.0. The van der Waals surface area contributed by atoms with Crippen LogP contribution < -0.4 is 18.9 Å². The number of ether oxygens (including phenoxy) is 6. The molecule has 1 aliphatic heterocycles. The minimum Gasteiger partial charge on any atom is -0.493 e. The van der Waals surface area contributed by atoms with Gasteiger partial charge in [-0.15, -0.1) is 0 Å². The van der Waals surface area contributed by atoms with Crippen molar-refractivity contribution in [2.45, 2.75) is 38.5 Å². The zero-order valence-corrected chi connectivity index (χ0v) is 25.8. The topological polar surface area (TPSA) is 102 Å². The van der Waals surface area contributed by atoms with Gasteiger partial charge < -0.3 is 28.4 Å². The van der Waals surface area contributed by atoms with Crippen molar-refractivity contribution in [3.8, 4) is 23.0 Å². The summed E-state index contributed by atoms with van der Waals surface area (Å²) >= 11 is 3.57. The fourth-order valence-corrected chi connectivity index (χ4v) is 6.24. The summed E-state index contributed by atoms with van der Waals surface area (Å²) in [5.41, 5.74) is 3.46. The molecule has 2 aliphatic rings. The van der Waals surface area contributed by atoms with Gasteiger partial charge in [0.1, 0.15) is 12.5 Å². The van der Waals surface area contributed by atoms with E-state index in [9.17, 15) is 9.59 Å². The molecule has 0 N–H and O–H groups in total. The van der Waals surface area contributed by atoms with Crippen molar-refractivity contribution in [2.75, 3.05) is 48.3 Å². The first-order valence-electron chi connectivity index (χ1n) is 13.5. The lowest BCUT2D eigenvalue weighted by atomic mass is 9.69. The number of aliphatic imine (C=N–C) groups is 1. The molecule has 2 aromatic carbocycles. The van der Waals surface area contributed by atoms with Crippen LogP contribution in [0.1, 0.15) is 49.7 Å². The summed E-state index contributed by atoms with van der Waals surface area (Å²) in [5, 5.41) is 0. The Balaban J connectivity index is 1.79. The maximum Gasteiger partial charge on any atom is 0.315 e. The Morgan fingerprint density at radius 1 is 0.927 bits per heavy atom. The average Bonchev–Trinajstić information content (AvgIpc) is 2.97. The molecule has 2 aromatic rings. The average molecular weight is 631 g/mol. The van der Waals surface area contributed by atoms with Gasteiger partial charge in [-0.1, -0.05) is 6.07 Å². The minimum absolute atomic E-state index is 0.0645. The summed E-state index contributed by atoms with van der Waals surface area (Å²) in [6.45, 7) is 4.61. The number of Topliss-reactive ketones (excluding diaryl/α,β-unsaturated/α-hetero) is 1. The summed E-state index contributed by atoms with van der Waals surface area (Å²) < 4.78 is 33.6. The van der Waals surface area contributed by atoms with E-state index in [1.54, 1.807) is 28.4 Å². The Bertz CT molecular complexity index is 1370. The van der Waals surface area contributed by atoms with Gasteiger partial charge >= 0.3 is 5.97 Å². The number of benzene rings is 2. The third kappa shape index (κ3) is 6.28.